The largest absolute Gasteiger partial charge is 0.380 e. The number of rotatable bonds is 6. The lowest BCUT2D eigenvalue weighted by atomic mass is 10.1. The fourth-order valence-electron chi connectivity index (χ4n) is 2.40. The van der Waals surface area contributed by atoms with Crippen molar-refractivity contribution in [2.45, 2.75) is 31.8 Å². The minimum absolute atomic E-state index is 0.0109. The zero-order valence-electron chi connectivity index (χ0n) is 11.3. The average molecular weight is 282 g/mol. The summed E-state index contributed by atoms with van der Waals surface area (Å²) in [5.74, 6) is 0.451. The number of hydrogen-bond acceptors (Lipinski definition) is 4. The molecular formula is C14H22N2O2S. The van der Waals surface area contributed by atoms with Crippen LogP contribution in [0.2, 0.25) is 0 Å². The van der Waals surface area contributed by atoms with Crippen LogP contribution in [0.3, 0.4) is 0 Å². The number of unbranched alkanes of at least 4 members (excludes halogenated alkanes) is 1. The zero-order valence-corrected chi connectivity index (χ0v) is 12.1. The van der Waals surface area contributed by atoms with E-state index in [-0.39, 0.29) is 23.6 Å². The normalized spacial score (nSPS) is 25.3. The minimum atomic E-state index is -2.93. The van der Waals surface area contributed by atoms with Gasteiger partial charge in [-0.25, -0.2) is 8.42 Å². The van der Waals surface area contributed by atoms with Gasteiger partial charge in [0.2, 0.25) is 0 Å². The molecule has 19 heavy (non-hydrogen) atoms. The molecule has 106 valence electrons. The Labute approximate surface area is 115 Å². The molecule has 1 saturated heterocycles. The highest BCUT2D eigenvalue weighted by Gasteiger charge is 2.37. The van der Waals surface area contributed by atoms with E-state index in [0.29, 0.717) is 0 Å². The maximum atomic E-state index is 11.8. The Morgan fingerprint density at radius 2 is 1.84 bits per heavy atom. The van der Waals surface area contributed by atoms with Crippen molar-refractivity contribution in [3.8, 4) is 0 Å². The van der Waals surface area contributed by atoms with Crippen molar-refractivity contribution in [3.63, 3.8) is 0 Å². The molecule has 0 amide bonds. The number of sulfone groups is 1. The molecule has 0 saturated carbocycles. The first-order chi connectivity index (χ1) is 9.11. The van der Waals surface area contributed by atoms with Crippen molar-refractivity contribution in [1.29, 1.82) is 0 Å². The van der Waals surface area contributed by atoms with E-state index in [1.807, 2.05) is 30.3 Å². The highest BCUT2D eigenvalue weighted by molar-refractivity contribution is 7.91. The van der Waals surface area contributed by atoms with Gasteiger partial charge in [0.05, 0.1) is 17.5 Å². The molecule has 5 heteroatoms. The van der Waals surface area contributed by atoms with E-state index in [4.69, 9.17) is 0 Å². The number of hydrogen-bond donors (Lipinski definition) is 2. The first-order valence-electron chi connectivity index (χ1n) is 6.86. The van der Waals surface area contributed by atoms with E-state index in [1.54, 1.807) is 0 Å². The molecule has 0 radical (unpaired) electrons. The molecule has 0 spiro atoms. The Bertz CT molecular complexity index is 487. The van der Waals surface area contributed by atoms with Gasteiger partial charge >= 0.3 is 0 Å². The molecule has 1 heterocycles. The van der Waals surface area contributed by atoms with Crippen molar-refractivity contribution in [3.05, 3.63) is 30.3 Å². The summed E-state index contributed by atoms with van der Waals surface area (Å²) >= 11 is 0. The van der Waals surface area contributed by atoms with Gasteiger partial charge in [-0.3, -0.25) is 0 Å². The van der Waals surface area contributed by atoms with E-state index in [9.17, 15) is 8.42 Å². The molecule has 1 aromatic rings. The predicted molar refractivity (Wildman–Crippen MR) is 79.2 cm³/mol. The van der Waals surface area contributed by atoms with Gasteiger partial charge in [-0.2, -0.15) is 0 Å². The minimum Gasteiger partial charge on any atom is -0.380 e. The third kappa shape index (κ3) is 4.21. The van der Waals surface area contributed by atoms with Gasteiger partial charge in [-0.1, -0.05) is 31.5 Å². The van der Waals surface area contributed by atoms with Crippen LogP contribution in [0.1, 0.15) is 19.8 Å². The van der Waals surface area contributed by atoms with Gasteiger partial charge in [0, 0.05) is 11.7 Å². The van der Waals surface area contributed by atoms with Crippen LogP contribution in [0.5, 0.6) is 0 Å². The molecule has 1 aliphatic rings. The molecule has 1 fully saturated rings. The summed E-state index contributed by atoms with van der Waals surface area (Å²) in [4.78, 5) is 0. The summed E-state index contributed by atoms with van der Waals surface area (Å²) in [6.07, 6.45) is 2.19. The first-order valence-corrected chi connectivity index (χ1v) is 8.68. The van der Waals surface area contributed by atoms with Crippen molar-refractivity contribution < 1.29 is 8.42 Å². The lowest BCUT2D eigenvalue weighted by Crippen LogP contribution is -2.43. The van der Waals surface area contributed by atoms with Crippen LogP contribution < -0.4 is 10.6 Å². The third-order valence-electron chi connectivity index (χ3n) is 3.42. The standard InChI is InChI=1S/C14H22N2O2S/c1-2-3-9-15-13-10-19(17,18)11-14(13)16-12-7-5-4-6-8-12/h4-8,13-16H,2-3,9-11H2,1H3. The summed E-state index contributed by atoms with van der Waals surface area (Å²) in [7, 11) is -2.93. The van der Waals surface area contributed by atoms with Gasteiger partial charge in [-0.05, 0) is 25.1 Å². The Hall–Kier alpha value is -1.07. The van der Waals surface area contributed by atoms with Crippen LogP contribution in [-0.4, -0.2) is 38.6 Å². The van der Waals surface area contributed by atoms with Gasteiger partial charge in [0.25, 0.3) is 0 Å². The van der Waals surface area contributed by atoms with Crippen LogP contribution in [0.15, 0.2) is 30.3 Å². The maximum Gasteiger partial charge on any atom is 0.153 e. The summed E-state index contributed by atoms with van der Waals surface area (Å²) in [5, 5.41) is 6.70. The summed E-state index contributed by atoms with van der Waals surface area (Å²) in [5.41, 5.74) is 0.979. The van der Waals surface area contributed by atoms with E-state index >= 15 is 0 Å². The molecule has 0 aliphatic carbocycles. The Morgan fingerprint density at radius 1 is 1.16 bits per heavy atom. The molecular weight excluding hydrogens is 260 g/mol. The first kappa shape index (κ1) is 14.3. The summed E-state index contributed by atoms with van der Waals surface area (Å²) < 4.78 is 23.6. The SMILES string of the molecule is CCCCNC1CS(=O)(=O)CC1Nc1ccccc1. The molecule has 2 N–H and O–H groups in total. The monoisotopic (exact) mass is 282 g/mol. The number of anilines is 1. The van der Waals surface area contributed by atoms with Crippen molar-refractivity contribution >= 4 is 15.5 Å². The number of nitrogens with one attached hydrogen (secondary N) is 2. The summed E-state index contributed by atoms with van der Waals surface area (Å²) in [6.45, 7) is 3.01. The molecule has 0 aromatic heterocycles. The van der Waals surface area contributed by atoms with E-state index in [0.717, 1.165) is 25.1 Å². The maximum absolute atomic E-state index is 11.8. The second kappa shape index (κ2) is 6.39. The molecule has 0 bridgehead atoms. The Morgan fingerprint density at radius 3 is 2.53 bits per heavy atom. The van der Waals surface area contributed by atoms with Gasteiger partial charge < -0.3 is 10.6 Å². The molecule has 1 aromatic carbocycles. The zero-order chi connectivity index (χ0) is 13.7. The smallest absolute Gasteiger partial charge is 0.153 e. The van der Waals surface area contributed by atoms with E-state index in [2.05, 4.69) is 17.6 Å². The fourth-order valence-corrected chi connectivity index (χ4v) is 4.30. The Kier molecular flexibility index (Phi) is 4.82. The van der Waals surface area contributed by atoms with Crippen LogP contribution in [0.25, 0.3) is 0 Å². The number of para-hydroxylation sites is 1. The predicted octanol–water partition coefficient (Wildman–Crippen LogP) is 1.65. The van der Waals surface area contributed by atoms with Crippen LogP contribution in [0.4, 0.5) is 5.69 Å². The van der Waals surface area contributed by atoms with E-state index < -0.39 is 9.84 Å². The van der Waals surface area contributed by atoms with Crippen molar-refractivity contribution in [2.75, 3.05) is 23.4 Å². The van der Waals surface area contributed by atoms with Gasteiger partial charge in [0.15, 0.2) is 9.84 Å². The second-order valence-corrected chi connectivity index (χ2v) is 7.26. The average Bonchev–Trinajstić information content (AvgIpc) is 2.65. The van der Waals surface area contributed by atoms with Gasteiger partial charge in [-0.15, -0.1) is 0 Å². The van der Waals surface area contributed by atoms with Crippen LogP contribution >= 0.6 is 0 Å². The highest BCUT2D eigenvalue weighted by Crippen LogP contribution is 2.18. The lowest BCUT2D eigenvalue weighted by Gasteiger charge is -2.21. The molecule has 4 nitrogen and oxygen atoms in total. The van der Waals surface area contributed by atoms with E-state index in [1.165, 1.54) is 0 Å². The molecule has 2 atom stereocenters. The second-order valence-electron chi connectivity index (χ2n) is 5.11. The number of benzene rings is 1. The molecule has 2 rings (SSSR count). The third-order valence-corrected chi connectivity index (χ3v) is 5.15. The fraction of sp³-hybridized carbons (Fsp3) is 0.571. The van der Waals surface area contributed by atoms with Crippen molar-refractivity contribution in [1.82, 2.24) is 5.32 Å². The Balaban J connectivity index is 1.99. The summed E-state index contributed by atoms with van der Waals surface area (Å²) in [6, 6.07) is 9.76. The van der Waals surface area contributed by atoms with Crippen LogP contribution in [-0.2, 0) is 9.84 Å². The molecule has 1 aliphatic heterocycles. The lowest BCUT2D eigenvalue weighted by molar-refractivity contribution is 0.511. The van der Waals surface area contributed by atoms with Crippen LogP contribution in [0, 0.1) is 0 Å². The topological polar surface area (TPSA) is 58.2 Å². The van der Waals surface area contributed by atoms with Crippen molar-refractivity contribution in [2.24, 2.45) is 0 Å². The molecule has 2 unspecified atom stereocenters. The highest BCUT2D eigenvalue weighted by atomic mass is 32.2. The van der Waals surface area contributed by atoms with Gasteiger partial charge in [0.1, 0.15) is 0 Å². The quantitative estimate of drug-likeness (QED) is 0.779.